The van der Waals surface area contributed by atoms with E-state index in [1.54, 1.807) is 29.8 Å². The second kappa shape index (κ2) is 10.3. The second-order valence-electron chi connectivity index (χ2n) is 9.81. The molecule has 1 aliphatic rings. The number of benzene rings is 2. The number of ether oxygens (including phenoxy) is 2. The number of aliphatic carboxylic acids is 1. The number of carbonyl (C=O) groups is 2. The smallest absolute Gasteiger partial charge is 0.412 e. The minimum absolute atomic E-state index is 0.381. The Kier molecular flexibility index (Phi) is 6.85. The van der Waals surface area contributed by atoms with Gasteiger partial charge >= 0.3 is 12.1 Å². The number of carboxylic acid groups (broad SMARTS) is 1. The quantitative estimate of drug-likeness (QED) is 0.188. The van der Waals surface area contributed by atoms with Gasteiger partial charge in [0.25, 0.3) is 0 Å². The van der Waals surface area contributed by atoms with Gasteiger partial charge in [0.1, 0.15) is 11.9 Å². The number of methoxy groups -OCH3 is 1. The highest BCUT2D eigenvalue weighted by Crippen LogP contribution is 2.53. The SMILES string of the molecule is COc1cc(-c2cc3sc(-c4snc(C)c4NC(=O)O[C@H](C)c4ccccc4)cc3s2)ccc1C1(C(=O)O)CC1. The maximum Gasteiger partial charge on any atom is 0.412 e. The summed E-state index contributed by atoms with van der Waals surface area (Å²) < 4.78 is 18.0. The van der Waals surface area contributed by atoms with Crippen molar-refractivity contribution in [3.63, 3.8) is 0 Å². The van der Waals surface area contributed by atoms with E-state index in [9.17, 15) is 14.7 Å². The Hall–Kier alpha value is -3.73. The lowest BCUT2D eigenvalue weighted by molar-refractivity contribution is -0.140. The van der Waals surface area contributed by atoms with Gasteiger partial charge in [-0.05, 0) is 67.5 Å². The molecule has 0 radical (unpaired) electrons. The Morgan fingerprint density at radius 2 is 1.73 bits per heavy atom. The molecule has 3 aromatic heterocycles. The zero-order valence-corrected chi connectivity index (χ0v) is 24.5. The van der Waals surface area contributed by atoms with Crippen molar-refractivity contribution in [2.45, 2.75) is 38.2 Å². The predicted octanol–water partition coefficient (Wildman–Crippen LogP) is 8.50. The Labute approximate surface area is 243 Å². The van der Waals surface area contributed by atoms with Gasteiger partial charge in [0, 0.05) is 19.8 Å². The molecule has 1 aliphatic carbocycles. The van der Waals surface area contributed by atoms with E-state index in [1.165, 1.54) is 11.5 Å². The molecular formula is C30H26N2O5S3. The normalized spacial score (nSPS) is 14.6. The largest absolute Gasteiger partial charge is 0.496 e. The fraction of sp³-hybridized carbons (Fsp3) is 0.233. The number of aromatic nitrogens is 1. The van der Waals surface area contributed by atoms with Crippen LogP contribution in [-0.4, -0.2) is 28.7 Å². The van der Waals surface area contributed by atoms with E-state index in [0.29, 0.717) is 24.3 Å². The van der Waals surface area contributed by atoms with Crippen molar-refractivity contribution in [2.75, 3.05) is 12.4 Å². The van der Waals surface area contributed by atoms with Crippen molar-refractivity contribution in [3.05, 3.63) is 77.5 Å². The van der Waals surface area contributed by atoms with Gasteiger partial charge in [-0.3, -0.25) is 10.1 Å². The molecule has 10 heteroatoms. The van der Waals surface area contributed by atoms with Gasteiger partial charge in [-0.1, -0.05) is 42.5 Å². The molecule has 1 saturated carbocycles. The summed E-state index contributed by atoms with van der Waals surface area (Å²) in [6.45, 7) is 3.72. The zero-order chi connectivity index (χ0) is 28.0. The number of nitrogens with one attached hydrogen (secondary N) is 1. The summed E-state index contributed by atoms with van der Waals surface area (Å²) in [5.74, 6) is -0.187. The van der Waals surface area contributed by atoms with Gasteiger partial charge in [0.2, 0.25) is 0 Å². The molecule has 3 heterocycles. The Morgan fingerprint density at radius 1 is 1.02 bits per heavy atom. The van der Waals surface area contributed by atoms with Gasteiger partial charge in [0.05, 0.1) is 33.7 Å². The molecule has 6 rings (SSSR count). The van der Waals surface area contributed by atoms with E-state index >= 15 is 0 Å². The van der Waals surface area contributed by atoms with Gasteiger partial charge in [-0.25, -0.2) is 4.79 Å². The number of carboxylic acids is 1. The van der Waals surface area contributed by atoms with Crippen LogP contribution in [0.3, 0.4) is 0 Å². The third-order valence-corrected chi connectivity index (χ3v) is 10.7. The standard InChI is InChI=1S/C30H26N2O5S3/c1-16-26(31-29(35)37-17(2)18-7-5-4-6-8-18)27(40-32-16)25-15-24-23(39-25)14-22(38-24)19-9-10-20(21(13-19)36-3)30(11-12-30)28(33)34/h4-10,13-15,17H,11-12H2,1-3H3,(H,31,35)(H,33,34)/t17-/m1/s1. The van der Waals surface area contributed by atoms with Gasteiger partial charge in [-0.15, -0.1) is 22.7 Å². The summed E-state index contributed by atoms with van der Waals surface area (Å²) in [4.78, 5) is 27.6. The number of nitrogens with zero attached hydrogens (tertiary/aromatic N) is 1. The van der Waals surface area contributed by atoms with Crippen LogP contribution >= 0.6 is 34.2 Å². The molecule has 0 saturated heterocycles. The number of amides is 1. The Bertz CT molecular complexity index is 1700. The minimum Gasteiger partial charge on any atom is -0.496 e. The summed E-state index contributed by atoms with van der Waals surface area (Å²) in [6, 6.07) is 19.7. The lowest BCUT2D eigenvalue weighted by atomic mass is 9.93. The van der Waals surface area contributed by atoms with E-state index in [1.807, 2.05) is 62.4 Å². The maximum absolute atomic E-state index is 12.7. The van der Waals surface area contributed by atoms with Crippen molar-refractivity contribution in [2.24, 2.45) is 0 Å². The minimum atomic E-state index is -0.820. The van der Waals surface area contributed by atoms with Crippen LogP contribution in [0.25, 0.3) is 29.6 Å². The molecule has 204 valence electrons. The molecule has 2 aromatic carbocycles. The zero-order valence-electron chi connectivity index (χ0n) is 22.0. The number of carbonyl (C=O) groups excluding carboxylic acids is 1. The molecule has 40 heavy (non-hydrogen) atoms. The first-order valence-electron chi connectivity index (χ1n) is 12.7. The molecule has 0 unspecified atom stereocenters. The third kappa shape index (κ3) is 4.76. The molecule has 5 aromatic rings. The van der Waals surface area contributed by atoms with Gasteiger partial charge in [-0.2, -0.15) is 4.37 Å². The number of hydrogen-bond donors (Lipinski definition) is 2. The summed E-state index contributed by atoms with van der Waals surface area (Å²) in [7, 11) is 1.58. The van der Waals surface area contributed by atoms with Crippen molar-refractivity contribution < 1.29 is 24.2 Å². The Morgan fingerprint density at radius 3 is 2.40 bits per heavy atom. The van der Waals surface area contributed by atoms with Crippen LogP contribution in [-0.2, 0) is 14.9 Å². The molecule has 0 aliphatic heterocycles. The van der Waals surface area contributed by atoms with Crippen molar-refractivity contribution in [1.82, 2.24) is 4.37 Å². The monoisotopic (exact) mass is 590 g/mol. The fourth-order valence-electron chi connectivity index (χ4n) is 4.82. The summed E-state index contributed by atoms with van der Waals surface area (Å²) in [5, 5.41) is 12.6. The van der Waals surface area contributed by atoms with E-state index in [2.05, 4.69) is 21.8 Å². The number of anilines is 1. The highest BCUT2D eigenvalue weighted by molar-refractivity contribution is 7.32. The number of thiophene rings is 2. The molecule has 0 bridgehead atoms. The van der Waals surface area contributed by atoms with Crippen LogP contribution < -0.4 is 10.1 Å². The van der Waals surface area contributed by atoms with Gasteiger partial charge < -0.3 is 14.6 Å². The van der Waals surface area contributed by atoms with Crippen molar-refractivity contribution >= 4 is 61.4 Å². The van der Waals surface area contributed by atoms with Crippen LogP contribution in [0, 0.1) is 6.92 Å². The van der Waals surface area contributed by atoms with Gasteiger partial charge in [0.15, 0.2) is 0 Å². The van der Waals surface area contributed by atoms with Crippen molar-refractivity contribution in [3.8, 4) is 25.9 Å². The Balaban J connectivity index is 1.23. The fourth-order valence-corrected chi connectivity index (χ4v) is 8.16. The van der Waals surface area contributed by atoms with Crippen molar-refractivity contribution in [1.29, 1.82) is 0 Å². The first kappa shape index (κ1) is 26.5. The predicted molar refractivity (Wildman–Crippen MR) is 161 cm³/mol. The second-order valence-corrected chi connectivity index (χ2v) is 12.7. The maximum atomic E-state index is 12.7. The number of aryl methyl sites for hydroxylation is 1. The average molecular weight is 591 g/mol. The topological polar surface area (TPSA) is 97.8 Å². The van der Waals surface area contributed by atoms with E-state index < -0.39 is 17.5 Å². The summed E-state index contributed by atoms with van der Waals surface area (Å²) >= 11 is 4.66. The molecule has 2 N–H and O–H groups in total. The molecule has 7 nitrogen and oxygen atoms in total. The lowest BCUT2D eigenvalue weighted by Gasteiger charge is -2.15. The molecule has 1 fully saturated rings. The molecule has 1 atom stereocenters. The highest BCUT2D eigenvalue weighted by Gasteiger charge is 2.53. The third-order valence-electron chi connectivity index (χ3n) is 7.23. The van der Waals surface area contributed by atoms with Crippen LogP contribution in [0.2, 0.25) is 0 Å². The first-order valence-corrected chi connectivity index (χ1v) is 15.1. The lowest BCUT2D eigenvalue weighted by Crippen LogP contribution is -2.20. The number of fused-ring (bicyclic) bond motifs is 1. The van der Waals surface area contributed by atoms with Crippen LogP contribution in [0.5, 0.6) is 5.75 Å². The van der Waals surface area contributed by atoms with E-state index in [-0.39, 0.29) is 6.10 Å². The summed E-state index contributed by atoms with van der Waals surface area (Å²) in [6.07, 6.45) is 0.365. The van der Waals surface area contributed by atoms with Crippen LogP contribution in [0.4, 0.5) is 10.5 Å². The molecule has 1 amide bonds. The molecule has 0 spiro atoms. The average Bonchev–Trinajstić information content (AvgIpc) is 3.36. The number of hydrogen-bond acceptors (Lipinski definition) is 8. The highest BCUT2D eigenvalue weighted by atomic mass is 32.1. The number of rotatable bonds is 8. The van der Waals surface area contributed by atoms with E-state index in [0.717, 1.165) is 46.4 Å². The first-order chi connectivity index (χ1) is 19.3. The van der Waals surface area contributed by atoms with Crippen LogP contribution in [0.15, 0.2) is 60.7 Å². The van der Waals surface area contributed by atoms with E-state index in [4.69, 9.17) is 9.47 Å². The van der Waals surface area contributed by atoms with Crippen LogP contribution in [0.1, 0.15) is 42.7 Å². The summed E-state index contributed by atoms with van der Waals surface area (Å²) in [5.41, 5.74) is 3.24. The molecular weight excluding hydrogens is 565 g/mol.